The molecule has 2 aromatic carbocycles. The molecule has 0 saturated carbocycles. The van der Waals surface area contributed by atoms with Crippen LogP contribution in [-0.4, -0.2) is 29.8 Å². The van der Waals surface area contributed by atoms with Gasteiger partial charge in [-0.05, 0) is 56.2 Å². The van der Waals surface area contributed by atoms with Crippen LogP contribution in [0.5, 0.6) is 0 Å². The Bertz CT molecular complexity index is 766. The van der Waals surface area contributed by atoms with Crippen LogP contribution in [0.15, 0.2) is 48.5 Å². The minimum atomic E-state index is -0.0720. The molecule has 1 aliphatic heterocycles. The molecule has 0 radical (unpaired) electrons. The molecule has 5 heteroatoms. The average Bonchev–Trinajstić information content (AvgIpc) is 2.63. The third kappa shape index (κ3) is 4.40. The van der Waals surface area contributed by atoms with Crippen molar-refractivity contribution in [3.05, 3.63) is 64.7 Å². The van der Waals surface area contributed by atoms with Crippen LogP contribution in [0.4, 0.5) is 5.69 Å². The number of nitrogens with one attached hydrogen (secondary N) is 1. The molecule has 0 aromatic heterocycles. The predicted octanol–water partition coefficient (Wildman–Crippen LogP) is 4.14. The van der Waals surface area contributed by atoms with Crippen molar-refractivity contribution in [1.82, 2.24) is 4.90 Å². The van der Waals surface area contributed by atoms with Crippen molar-refractivity contribution < 1.29 is 9.59 Å². The van der Waals surface area contributed by atoms with Crippen LogP contribution in [0.1, 0.15) is 28.8 Å². The normalized spacial score (nSPS) is 15.0. The Labute approximate surface area is 152 Å². The van der Waals surface area contributed by atoms with Crippen LogP contribution in [-0.2, 0) is 4.79 Å². The average molecular weight is 357 g/mol. The monoisotopic (exact) mass is 356 g/mol. The number of benzene rings is 2. The highest BCUT2D eigenvalue weighted by Gasteiger charge is 2.27. The maximum atomic E-state index is 12.6. The molecule has 3 rings (SSSR count). The number of nitrogens with zero attached hydrogens (tertiary/aromatic N) is 1. The SMILES string of the molecule is Cc1cccc(C(=O)N2CCC(C(=O)Nc3ccc(Cl)cc3)CC2)c1. The zero-order chi connectivity index (χ0) is 17.8. The highest BCUT2D eigenvalue weighted by Crippen LogP contribution is 2.22. The van der Waals surface area contributed by atoms with Gasteiger partial charge in [0.05, 0.1) is 0 Å². The molecular formula is C20H21ClN2O2. The first kappa shape index (κ1) is 17.5. The van der Waals surface area contributed by atoms with Crippen LogP contribution in [0.3, 0.4) is 0 Å². The molecule has 0 atom stereocenters. The summed E-state index contributed by atoms with van der Waals surface area (Å²) in [4.78, 5) is 26.8. The summed E-state index contributed by atoms with van der Waals surface area (Å²) in [5.41, 5.74) is 2.53. The first-order valence-corrected chi connectivity index (χ1v) is 8.83. The van der Waals surface area contributed by atoms with Gasteiger partial charge in [0.1, 0.15) is 0 Å². The zero-order valence-corrected chi connectivity index (χ0v) is 14.9. The Morgan fingerprint density at radius 3 is 2.40 bits per heavy atom. The molecule has 2 aromatic rings. The molecule has 1 aliphatic rings. The molecule has 0 spiro atoms. The Morgan fingerprint density at radius 1 is 1.08 bits per heavy atom. The van der Waals surface area contributed by atoms with Crippen molar-refractivity contribution in [2.75, 3.05) is 18.4 Å². The molecule has 0 unspecified atom stereocenters. The largest absolute Gasteiger partial charge is 0.339 e. The van der Waals surface area contributed by atoms with Gasteiger partial charge < -0.3 is 10.2 Å². The number of hydrogen-bond acceptors (Lipinski definition) is 2. The van der Waals surface area contributed by atoms with Gasteiger partial charge in [-0.2, -0.15) is 0 Å². The number of rotatable bonds is 3. The third-order valence-electron chi connectivity index (χ3n) is 4.53. The van der Waals surface area contributed by atoms with E-state index in [-0.39, 0.29) is 17.7 Å². The Morgan fingerprint density at radius 2 is 1.76 bits per heavy atom. The maximum absolute atomic E-state index is 12.6. The van der Waals surface area contributed by atoms with Gasteiger partial charge in [0.25, 0.3) is 5.91 Å². The quantitative estimate of drug-likeness (QED) is 0.898. The second-order valence-corrected chi connectivity index (χ2v) is 6.87. The molecule has 2 amide bonds. The van der Waals surface area contributed by atoms with Gasteiger partial charge in [-0.3, -0.25) is 9.59 Å². The summed E-state index contributed by atoms with van der Waals surface area (Å²) in [5.74, 6) is -0.0255. The van der Waals surface area contributed by atoms with E-state index >= 15 is 0 Å². The molecule has 25 heavy (non-hydrogen) atoms. The van der Waals surface area contributed by atoms with Crippen LogP contribution in [0, 0.1) is 12.8 Å². The number of halogens is 1. The van der Waals surface area contributed by atoms with E-state index in [1.807, 2.05) is 36.1 Å². The molecule has 1 saturated heterocycles. The number of carbonyl (C=O) groups is 2. The predicted molar refractivity (Wildman–Crippen MR) is 99.9 cm³/mol. The molecule has 130 valence electrons. The molecule has 1 fully saturated rings. The van der Waals surface area contributed by atoms with Crippen molar-refractivity contribution in [2.24, 2.45) is 5.92 Å². The van der Waals surface area contributed by atoms with E-state index in [0.717, 1.165) is 11.3 Å². The minimum absolute atomic E-state index is 0.00461. The van der Waals surface area contributed by atoms with E-state index in [2.05, 4.69) is 5.32 Å². The number of aryl methyl sites for hydroxylation is 1. The second-order valence-electron chi connectivity index (χ2n) is 6.43. The second kappa shape index (κ2) is 7.70. The lowest BCUT2D eigenvalue weighted by atomic mass is 9.95. The number of hydrogen-bond donors (Lipinski definition) is 1. The van der Waals surface area contributed by atoms with E-state index in [4.69, 9.17) is 11.6 Å². The van der Waals surface area contributed by atoms with Gasteiger partial charge >= 0.3 is 0 Å². The molecule has 1 N–H and O–H groups in total. The van der Waals surface area contributed by atoms with Gasteiger partial charge in [0, 0.05) is 35.3 Å². The van der Waals surface area contributed by atoms with Gasteiger partial charge in [0.15, 0.2) is 0 Å². The standard InChI is InChI=1S/C20H21ClN2O2/c1-14-3-2-4-16(13-14)20(25)23-11-9-15(10-12-23)19(24)22-18-7-5-17(21)6-8-18/h2-8,13,15H,9-12H2,1H3,(H,22,24). The van der Waals surface area contributed by atoms with Crippen molar-refractivity contribution in [1.29, 1.82) is 0 Å². The lowest BCUT2D eigenvalue weighted by Crippen LogP contribution is -2.41. The summed E-state index contributed by atoms with van der Waals surface area (Å²) < 4.78 is 0. The van der Waals surface area contributed by atoms with E-state index in [9.17, 15) is 9.59 Å². The fourth-order valence-corrected chi connectivity index (χ4v) is 3.21. The van der Waals surface area contributed by atoms with Crippen LogP contribution in [0.2, 0.25) is 5.02 Å². The number of carbonyl (C=O) groups excluding carboxylic acids is 2. The lowest BCUT2D eigenvalue weighted by molar-refractivity contribution is -0.121. The topological polar surface area (TPSA) is 49.4 Å². The van der Waals surface area contributed by atoms with Gasteiger partial charge in [-0.15, -0.1) is 0 Å². The Kier molecular flexibility index (Phi) is 5.39. The first-order chi connectivity index (χ1) is 12.0. The van der Waals surface area contributed by atoms with Crippen molar-refractivity contribution >= 4 is 29.1 Å². The summed E-state index contributed by atoms with van der Waals surface area (Å²) in [7, 11) is 0. The van der Waals surface area contributed by atoms with E-state index in [1.54, 1.807) is 24.3 Å². The zero-order valence-electron chi connectivity index (χ0n) is 14.2. The highest BCUT2D eigenvalue weighted by molar-refractivity contribution is 6.30. The van der Waals surface area contributed by atoms with Crippen molar-refractivity contribution in [3.8, 4) is 0 Å². The number of amides is 2. The van der Waals surface area contributed by atoms with Crippen LogP contribution >= 0.6 is 11.6 Å². The third-order valence-corrected chi connectivity index (χ3v) is 4.78. The molecule has 0 aliphatic carbocycles. The summed E-state index contributed by atoms with van der Waals surface area (Å²) >= 11 is 5.85. The van der Waals surface area contributed by atoms with E-state index in [1.165, 1.54) is 0 Å². The van der Waals surface area contributed by atoms with Crippen molar-refractivity contribution in [3.63, 3.8) is 0 Å². The summed E-state index contributed by atoms with van der Waals surface area (Å²) in [5, 5.41) is 3.56. The Hall–Kier alpha value is -2.33. The lowest BCUT2D eigenvalue weighted by Gasteiger charge is -2.31. The first-order valence-electron chi connectivity index (χ1n) is 8.45. The van der Waals surface area contributed by atoms with Gasteiger partial charge in [-0.25, -0.2) is 0 Å². The van der Waals surface area contributed by atoms with Crippen LogP contribution in [0.25, 0.3) is 0 Å². The Balaban J connectivity index is 1.55. The molecular weight excluding hydrogens is 336 g/mol. The van der Waals surface area contributed by atoms with E-state index in [0.29, 0.717) is 36.5 Å². The van der Waals surface area contributed by atoms with Crippen LogP contribution < -0.4 is 5.32 Å². The fraction of sp³-hybridized carbons (Fsp3) is 0.300. The number of anilines is 1. The molecule has 0 bridgehead atoms. The summed E-state index contributed by atoms with van der Waals surface area (Å²) in [6, 6.07) is 14.7. The van der Waals surface area contributed by atoms with Gasteiger partial charge in [-0.1, -0.05) is 29.3 Å². The van der Waals surface area contributed by atoms with Gasteiger partial charge in [0.2, 0.25) is 5.91 Å². The number of likely N-dealkylation sites (tertiary alicyclic amines) is 1. The maximum Gasteiger partial charge on any atom is 0.253 e. The van der Waals surface area contributed by atoms with E-state index < -0.39 is 0 Å². The summed E-state index contributed by atoms with van der Waals surface area (Å²) in [6.45, 7) is 3.18. The highest BCUT2D eigenvalue weighted by atomic mass is 35.5. The smallest absolute Gasteiger partial charge is 0.253 e. The minimum Gasteiger partial charge on any atom is -0.339 e. The summed E-state index contributed by atoms with van der Waals surface area (Å²) in [6.07, 6.45) is 1.36. The fourth-order valence-electron chi connectivity index (χ4n) is 3.08. The molecule has 1 heterocycles. The van der Waals surface area contributed by atoms with Crippen molar-refractivity contribution in [2.45, 2.75) is 19.8 Å². The molecule has 4 nitrogen and oxygen atoms in total. The number of piperidine rings is 1.